The zero-order valence-corrected chi connectivity index (χ0v) is 11.6. The number of thioether (sulfide) groups is 1. The summed E-state index contributed by atoms with van der Waals surface area (Å²) in [5.74, 6) is 0.417. The number of hydrogen-bond acceptors (Lipinski definition) is 3. The molecule has 1 aromatic carbocycles. The molecule has 100 valence electrons. The van der Waals surface area contributed by atoms with Crippen LogP contribution in [0.5, 0.6) is 0 Å². The highest BCUT2D eigenvalue weighted by Gasteiger charge is 2.35. The number of hydrogen-bond donors (Lipinski definition) is 2. The summed E-state index contributed by atoms with van der Waals surface area (Å²) in [6, 6.07) is 9.06. The Balaban J connectivity index is 2.62. The van der Waals surface area contributed by atoms with Gasteiger partial charge < -0.3 is 10.8 Å². The maximum Gasteiger partial charge on any atom is 0.329 e. The van der Waals surface area contributed by atoms with E-state index in [2.05, 4.69) is 6.92 Å². The average molecular weight is 267 g/mol. The molecule has 0 fully saturated rings. The van der Waals surface area contributed by atoms with Crippen LogP contribution in [0.4, 0.5) is 0 Å². The first kappa shape index (κ1) is 15.1. The lowest BCUT2D eigenvalue weighted by atomic mass is 9.93. The van der Waals surface area contributed by atoms with E-state index < -0.39 is 11.5 Å². The van der Waals surface area contributed by atoms with E-state index in [4.69, 9.17) is 5.73 Å². The zero-order valence-electron chi connectivity index (χ0n) is 10.8. The van der Waals surface area contributed by atoms with Crippen molar-refractivity contribution < 1.29 is 9.90 Å². The lowest BCUT2D eigenvalue weighted by Crippen LogP contribution is -2.47. The quantitative estimate of drug-likeness (QED) is 0.711. The predicted molar refractivity (Wildman–Crippen MR) is 76.8 cm³/mol. The average Bonchev–Trinajstić information content (AvgIpc) is 2.39. The molecule has 3 nitrogen and oxygen atoms in total. The molecule has 3 N–H and O–H groups in total. The van der Waals surface area contributed by atoms with Gasteiger partial charge in [0.2, 0.25) is 0 Å². The number of nitrogens with two attached hydrogens (primary N) is 1. The van der Waals surface area contributed by atoms with Crippen LogP contribution in [-0.2, 0) is 10.3 Å². The van der Waals surface area contributed by atoms with Crippen LogP contribution in [0.1, 0.15) is 31.7 Å². The van der Waals surface area contributed by atoms with E-state index in [0.717, 1.165) is 12.2 Å². The van der Waals surface area contributed by atoms with Crippen molar-refractivity contribution in [2.75, 3.05) is 11.5 Å². The molecule has 0 aliphatic rings. The summed E-state index contributed by atoms with van der Waals surface area (Å²) in [6.07, 6.45) is 3.47. The number of aliphatic carboxylic acids is 1. The molecule has 0 spiro atoms. The molecule has 1 rings (SSSR count). The fourth-order valence-electron chi connectivity index (χ4n) is 1.69. The largest absolute Gasteiger partial charge is 0.480 e. The van der Waals surface area contributed by atoms with Crippen molar-refractivity contribution in [3.63, 3.8) is 0 Å². The predicted octanol–water partition coefficient (Wildman–Crippen LogP) is 2.85. The molecule has 4 heteroatoms. The second-order valence-corrected chi connectivity index (χ2v) is 5.51. The van der Waals surface area contributed by atoms with E-state index in [1.165, 1.54) is 12.8 Å². The first-order valence-corrected chi connectivity index (χ1v) is 7.42. The maximum absolute atomic E-state index is 11.4. The van der Waals surface area contributed by atoms with E-state index in [1.807, 2.05) is 18.2 Å². The van der Waals surface area contributed by atoms with Crippen LogP contribution in [0.3, 0.4) is 0 Å². The Morgan fingerprint density at radius 1 is 1.33 bits per heavy atom. The van der Waals surface area contributed by atoms with Crippen molar-refractivity contribution in [2.24, 2.45) is 5.73 Å². The SMILES string of the molecule is CCCCCSCC(N)(C(=O)O)c1ccccc1. The molecule has 0 saturated carbocycles. The third-order valence-corrected chi connectivity index (χ3v) is 4.13. The van der Waals surface area contributed by atoms with Crippen LogP contribution < -0.4 is 5.73 Å². The van der Waals surface area contributed by atoms with Gasteiger partial charge in [0.05, 0.1) is 0 Å². The van der Waals surface area contributed by atoms with Gasteiger partial charge in [0.1, 0.15) is 5.54 Å². The first-order valence-electron chi connectivity index (χ1n) is 6.27. The van der Waals surface area contributed by atoms with E-state index >= 15 is 0 Å². The van der Waals surface area contributed by atoms with Crippen molar-refractivity contribution in [1.29, 1.82) is 0 Å². The van der Waals surface area contributed by atoms with Gasteiger partial charge in [0, 0.05) is 5.75 Å². The molecule has 0 radical (unpaired) electrons. The molecule has 0 bridgehead atoms. The Labute approximate surface area is 113 Å². The van der Waals surface area contributed by atoms with Crippen molar-refractivity contribution >= 4 is 17.7 Å². The number of carbonyl (C=O) groups is 1. The molecule has 1 unspecified atom stereocenters. The summed E-state index contributed by atoms with van der Waals surface area (Å²) in [5.41, 5.74) is 5.44. The lowest BCUT2D eigenvalue weighted by Gasteiger charge is -2.24. The van der Waals surface area contributed by atoms with Gasteiger partial charge in [-0.05, 0) is 17.7 Å². The molecule has 0 aromatic heterocycles. The Bertz CT molecular complexity index is 369. The number of rotatable bonds is 8. The Morgan fingerprint density at radius 3 is 2.56 bits per heavy atom. The third kappa shape index (κ3) is 4.03. The monoisotopic (exact) mass is 267 g/mol. The van der Waals surface area contributed by atoms with Crippen LogP contribution in [0.15, 0.2) is 30.3 Å². The van der Waals surface area contributed by atoms with Crippen LogP contribution >= 0.6 is 11.8 Å². The molecular formula is C14H21NO2S. The minimum Gasteiger partial charge on any atom is -0.480 e. The molecule has 0 amide bonds. The highest BCUT2D eigenvalue weighted by Crippen LogP contribution is 2.24. The summed E-state index contributed by atoms with van der Waals surface area (Å²) >= 11 is 1.62. The minimum absolute atomic E-state index is 0.413. The van der Waals surface area contributed by atoms with Gasteiger partial charge >= 0.3 is 5.97 Å². The molecule has 0 aliphatic carbocycles. The van der Waals surface area contributed by atoms with Crippen LogP contribution in [0.2, 0.25) is 0 Å². The number of unbranched alkanes of at least 4 members (excludes halogenated alkanes) is 2. The fourth-order valence-corrected chi connectivity index (χ4v) is 2.86. The minimum atomic E-state index is -1.28. The lowest BCUT2D eigenvalue weighted by molar-refractivity contribution is -0.142. The Hall–Kier alpha value is -1.00. The Morgan fingerprint density at radius 2 is 2.00 bits per heavy atom. The zero-order chi connectivity index (χ0) is 13.4. The summed E-state index contributed by atoms with van der Waals surface area (Å²) in [7, 11) is 0. The highest BCUT2D eigenvalue weighted by atomic mass is 32.2. The summed E-state index contributed by atoms with van der Waals surface area (Å²) < 4.78 is 0. The molecule has 1 aromatic rings. The Kier molecular flexibility index (Phi) is 6.22. The topological polar surface area (TPSA) is 63.3 Å². The molecule has 18 heavy (non-hydrogen) atoms. The summed E-state index contributed by atoms with van der Waals surface area (Å²) in [6.45, 7) is 2.15. The van der Waals surface area contributed by atoms with Gasteiger partial charge in [-0.25, -0.2) is 4.79 Å². The maximum atomic E-state index is 11.4. The first-order chi connectivity index (χ1) is 8.61. The smallest absolute Gasteiger partial charge is 0.329 e. The van der Waals surface area contributed by atoms with Crippen molar-refractivity contribution in [1.82, 2.24) is 0 Å². The van der Waals surface area contributed by atoms with E-state index in [1.54, 1.807) is 23.9 Å². The fraction of sp³-hybridized carbons (Fsp3) is 0.500. The van der Waals surface area contributed by atoms with Crippen LogP contribution in [-0.4, -0.2) is 22.6 Å². The van der Waals surface area contributed by atoms with Crippen molar-refractivity contribution in [3.05, 3.63) is 35.9 Å². The van der Waals surface area contributed by atoms with E-state index in [9.17, 15) is 9.90 Å². The van der Waals surface area contributed by atoms with Crippen molar-refractivity contribution in [2.45, 2.75) is 31.7 Å². The van der Waals surface area contributed by atoms with E-state index in [-0.39, 0.29) is 0 Å². The second-order valence-electron chi connectivity index (χ2n) is 4.40. The van der Waals surface area contributed by atoms with Gasteiger partial charge in [0.15, 0.2) is 0 Å². The number of carboxylic acid groups (broad SMARTS) is 1. The number of benzene rings is 1. The van der Waals surface area contributed by atoms with Gasteiger partial charge in [0.25, 0.3) is 0 Å². The van der Waals surface area contributed by atoms with Crippen LogP contribution in [0, 0.1) is 0 Å². The molecule has 1 atom stereocenters. The normalized spacial score (nSPS) is 14.1. The molecule has 0 aliphatic heterocycles. The molecule has 0 heterocycles. The highest BCUT2D eigenvalue weighted by molar-refractivity contribution is 7.99. The molecular weight excluding hydrogens is 246 g/mol. The summed E-state index contributed by atoms with van der Waals surface area (Å²) in [5, 5.41) is 9.35. The van der Waals surface area contributed by atoms with Gasteiger partial charge in [-0.15, -0.1) is 0 Å². The van der Waals surface area contributed by atoms with Gasteiger partial charge in [-0.3, -0.25) is 0 Å². The summed E-state index contributed by atoms with van der Waals surface area (Å²) in [4.78, 5) is 11.4. The van der Waals surface area contributed by atoms with Crippen molar-refractivity contribution in [3.8, 4) is 0 Å². The second kappa shape index (κ2) is 7.44. The van der Waals surface area contributed by atoms with E-state index in [0.29, 0.717) is 11.3 Å². The van der Waals surface area contributed by atoms with Crippen LogP contribution in [0.25, 0.3) is 0 Å². The standard InChI is InChI=1S/C14H21NO2S/c1-2-3-7-10-18-11-14(15,13(16)17)12-8-5-4-6-9-12/h4-6,8-9H,2-3,7,10-11,15H2,1H3,(H,16,17). The molecule has 0 saturated heterocycles. The third-order valence-electron chi connectivity index (χ3n) is 2.89. The van der Waals surface area contributed by atoms with Gasteiger partial charge in [-0.1, -0.05) is 50.1 Å². The number of carboxylic acids is 1. The van der Waals surface area contributed by atoms with Gasteiger partial charge in [-0.2, -0.15) is 11.8 Å².